The van der Waals surface area contributed by atoms with Crippen molar-refractivity contribution in [3.63, 3.8) is 0 Å². The number of amides is 2. The summed E-state index contributed by atoms with van der Waals surface area (Å²) in [5.41, 5.74) is -0.415. The second kappa shape index (κ2) is 6.15. The zero-order valence-corrected chi connectivity index (χ0v) is 11.2. The smallest absolute Gasteiger partial charge is 0.235 e. The third-order valence-electron chi connectivity index (χ3n) is 3.78. The summed E-state index contributed by atoms with van der Waals surface area (Å²) in [7, 11) is 0. The van der Waals surface area contributed by atoms with Crippen molar-refractivity contribution in [2.24, 2.45) is 5.41 Å². The summed E-state index contributed by atoms with van der Waals surface area (Å²) < 4.78 is 0. The molecule has 1 heterocycles. The number of nitrogens with zero attached hydrogens (tertiary/aromatic N) is 1. The number of likely N-dealkylation sites (tertiary alicyclic amines) is 1. The lowest BCUT2D eigenvalue weighted by atomic mass is 9.81. The summed E-state index contributed by atoms with van der Waals surface area (Å²) in [6.45, 7) is 8.23. The SMILES string of the molecule is CCCNCCN1C(=O)CC(CC)(CC)C1=O. The molecule has 0 bridgehead atoms. The minimum absolute atomic E-state index is 0.00278. The van der Waals surface area contributed by atoms with Gasteiger partial charge in [0.1, 0.15) is 0 Å². The molecule has 1 aliphatic heterocycles. The van der Waals surface area contributed by atoms with Gasteiger partial charge in [-0.15, -0.1) is 0 Å². The summed E-state index contributed by atoms with van der Waals surface area (Å²) >= 11 is 0. The van der Waals surface area contributed by atoms with Gasteiger partial charge in [0.05, 0.1) is 5.41 Å². The number of nitrogens with one attached hydrogen (secondary N) is 1. The van der Waals surface area contributed by atoms with Crippen molar-refractivity contribution in [3.8, 4) is 0 Å². The van der Waals surface area contributed by atoms with Gasteiger partial charge in [0.25, 0.3) is 0 Å². The Morgan fingerprint density at radius 3 is 2.29 bits per heavy atom. The van der Waals surface area contributed by atoms with Gasteiger partial charge in [0, 0.05) is 19.5 Å². The van der Waals surface area contributed by atoms with E-state index in [1.807, 2.05) is 13.8 Å². The third kappa shape index (κ3) is 2.86. The number of imide groups is 1. The Bertz CT molecular complexity index is 285. The van der Waals surface area contributed by atoms with Gasteiger partial charge in [-0.2, -0.15) is 0 Å². The van der Waals surface area contributed by atoms with Gasteiger partial charge < -0.3 is 5.32 Å². The van der Waals surface area contributed by atoms with Gasteiger partial charge in [-0.25, -0.2) is 0 Å². The first-order valence-corrected chi connectivity index (χ1v) is 6.66. The van der Waals surface area contributed by atoms with Crippen LogP contribution in [0.15, 0.2) is 0 Å². The lowest BCUT2D eigenvalue weighted by Crippen LogP contribution is -2.39. The molecule has 17 heavy (non-hydrogen) atoms. The number of hydrogen-bond donors (Lipinski definition) is 1. The first-order valence-electron chi connectivity index (χ1n) is 6.66. The van der Waals surface area contributed by atoms with Crippen LogP contribution in [0, 0.1) is 5.41 Å². The Balaban J connectivity index is 2.56. The summed E-state index contributed by atoms with van der Waals surface area (Å²) in [5, 5.41) is 3.22. The number of carbonyl (C=O) groups is 2. The maximum atomic E-state index is 12.2. The molecule has 1 rings (SSSR count). The van der Waals surface area contributed by atoms with E-state index in [1.165, 1.54) is 4.90 Å². The molecule has 0 aromatic carbocycles. The Kier molecular flexibility index (Phi) is 5.12. The molecular formula is C13H24N2O2. The Hall–Kier alpha value is -0.900. The van der Waals surface area contributed by atoms with Crippen molar-refractivity contribution in [1.82, 2.24) is 10.2 Å². The third-order valence-corrected chi connectivity index (χ3v) is 3.78. The highest BCUT2D eigenvalue weighted by Gasteiger charge is 2.48. The van der Waals surface area contributed by atoms with E-state index in [4.69, 9.17) is 0 Å². The highest BCUT2D eigenvalue weighted by atomic mass is 16.2. The topological polar surface area (TPSA) is 49.4 Å². The summed E-state index contributed by atoms with van der Waals surface area (Å²) in [6.07, 6.45) is 2.97. The summed E-state index contributed by atoms with van der Waals surface area (Å²) in [6, 6.07) is 0. The van der Waals surface area contributed by atoms with E-state index in [-0.39, 0.29) is 11.8 Å². The predicted molar refractivity (Wildman–Crippen MR) is 67.5 cm³/mol. The van der Waals surface area contributed by atoms with Gasteiger partial charge in [-0.3, -0.25) is 14.5 Å². The van der Waals surface area contributed by atoms with Crippen LogP contribution in [0.25, 0.3) is 0 Å². The van der Waals surface area contributed by atoms with Crippen molar-refractivity contribution in [3.05, 3.63) is 0 Å². The van der Waals surface area contributed by atoms with Gasteiger partial charge in [-0.1, -0.05) is 20.8 Å². The fourth-order valence-corrected chi connectivity index (χ4v) is 2.38. The van der Waals surface area contributed by atoms with Crippen LogP contribution in [0.1, 0.15) is 46.5 Å². The second-order valence-electron chi connectivity index (χ2n) is 4.76. The zero-order valence-electron chi connectivity index (χ0n) is 11.2. The molecule has 0 aromatic heterocycles. The normalized spacial score (nSPS) is 19.1. The maximum absolute atomic E-state index is 12.2. The summed E-state index contributed by atoms with van der Waals surface area (Å²) in [4.78, 5) is 25.5. The quantitative estimate of drug-likeness (QED) is 0.542. The van der Waals surface area contributed by atoms with Crippen LogP contribution in [-0.4, -0.2) is 36.3 Å². The van der Waals surface area contributed by atoms with Crippen LogP contribution in [-0.2, 0) is 9.59 Å². The Morgan fingerprint density at radius 2 is 1.82 bits per heavy atom. The van der Waals surface area contributed by atoms with E-state index in [0.29, 0.717) is 19.5 Å². The molecule has 0 saturated carbocycles. The van der Waals surface area contributed by atoms with Crippen LogP contribution in [0.3, 0.4) is 0 Å². The van der Waals surface area contributed by atoms with Crippen molar-refractivity contribution < 1.29 is 9.59 Å². The second-order valence-corrected chi connectivity index (χ2v) is 4.76. The minimum atomic E-state index is -0.415. The van der Waals surface area contributed by atoms with E-state index in [0.717, 1.165) is 25.8 Å². The van der Waals surface area contributed by atoms with E-state index in [2.05, 4.69) is 12.2 Å². The molecular weight excluding hydrogens is 216 g/mol. The van der Waals surface area contributed by atoms with Crippen LogP contribution >= 0.6 is 0 Å². The summed E-state index contributed by atoms with van der Waals surface area (Å²) in [5.74, 6) is 0.0304. The molecule has 0 atom stereocenters. The molecule has 4 nitrogen and oxygen atoms in total. The number of carbonyl (C=O) groups excluding carboxylic acids is 2. The molecule has 2 amide bonds. The van der Waals surface area contributed by atoms with Crippen molar-refractivity contribution >= 4 is 11.8 Å². The van der Waals surface area contributed by atoms with E-state index < -0.39 is 5.41 Å². The van der Waals surface area contributed by atoms with E-state index in [1.54, 1.807) is 0 Å². The van der Waals surface area contributed by atoms with Crippen molar-refractivity contribution in [2.75, 3.05) is 19.6 Å². The molecule has 0 aliphatic carbocycles. The van der Waals surface area contributed by atoms with Crippen LogP contribution < -0.4 is 5.32 Å². The molecule has 0 radical (unpaired) electrons. The molecule has 98 valence electrons. The molecule has 1 saturated heterocycles. The first-order chi connectivity index (χ1) is 8.11. The monoisotopic (exact) mass is 240 g/mol. The molecule has 0 aromatic rings. The maximum Gasteiger partial charge on any atom is 0.235 e. The van der Waals surface area contributed by atoms with Gasteiger partial charge in [-0.05, 0) is 25.8 Å². The van der Waals surface area contributed by atoms with Gasteiger partial charge >= 0.3 is 0 Å². The molecule has 1 fully saturated rings. The van der Waals surface area contributed by atoms with Crippen molar-refractivity contribution in [2.45, 2.75) is 46.5 Å². The zero-order chi connectivity index (χ0) is 12.9. The highest BCUT2D eigenvalue weighted by molar-refractivity contribution is 6.05. The van der Waals surface area contributed by atoms with Crippen LogP contribution in [0.4, 0.5) is 0 Å². The Morgan fingerprint density at radius 1 is 1.18 bits per heavy atom. The van der Waals surface area contributed by atoms with Crippen molar-refractivity contribution in [1.29, 1.82) is 0 Å². The van der Waals surface area contributed by atoms with Gasteiger partial charge in [0.2, 0.25) is 11.8 Å². The number of hydrogen-bond acceptors (Lipinski definition) is 3. The first kappa shape index (κ1) is 14.2. The van der Waals surface area contributed by atoms with Crippen LogP contribution in [0.5, 0.6) is 0 Å². The van der Waals surface area contributed by atoms with E-state index >= 15 is 0 Å². The lowest BCUT2D eigenvalue weighted by molar-refractivity contribution is -0.141. The fraction of sp³-hybridized carbons (Fsp3) is 0.846. The standard InChI is InChI=1S/C13H24N2O2/c1-4-7-14-8-9-15-11(16)10-13(5-2,6-3)12(15)17/h14H,4-10H2,1-3H3. The number of rotatable bonds is 7. The molecule has 1 aliphatic rings. The molecule has 0 unspecified atom stereocenters. The predicted octanol–water partition coefficient (Wildman–Crippen LogP) is 1.55. The molecule has 0 spiro atoms. The lowest BCUT2D eigenvalue weighted by Gasteiger charge is -2.23. The average Bonchev–Trinajstić information content (AvgIpc) is 2.58. The van der Waals surface area contributed by atoms with Gasteiger partial charge in [0.15, 0.2) is 0 Å². The largest absolute Gasteiger partial charge is 0.315 e. The highest BCUT2D eigenvalue weighted by Crippen LogP contribution is 2.38. The average molecular weight is 240 g/mol. The molecule has 4 heteroatoms. The van der Waals surface area contributed by atoms with Crippen LogP contribution in [0.2, 0.25) is 0 Å². The minimum Gasteiger partial charge on any atom is -0.315 e. The van der Waals surface area contributed by atoms with E-state index in [9.17, 15) is 9.59 Å². The Labute approximate surface area is 104 Å². The molecule has 1 N–H and O–H groups in total. The fourth-order valence-electron chi connectivity index (χ4n) is 2.38.